The van der Waals surface area contributed by atoms with Crippen LogP contribution in [0.1, 0.15) is 42.0 Å². The Morgan fingerprint density at radius 1 is 1.00 bits per heavy atom. The molecule has 2 heterocycles. The molecule has 0 spiro atoms. The lowest BCUT2D eigenvalue weighted by atomic mass is 10.1. The molecule has 7 nitrogen and oxygen atoms in total. The van der Waals surface area contributed by atoms with Gasteiger partial charge in [-0.05, 0) is 24.6 Å². The smallest absolute Gasteiger partial charge is 0.191 e. The van der Waals surface area contributed by atoms with Crippen molar-refractivity contribution in [2.24, 2.45) is 4.99 Å². The van der Waals surface area contributed by atoms with Crippen molar-refractivity contribution in [1.82, 2.24) is 25.6 Å². The van der Waals surface area contributed by atoms with Crippen LogP contribution >= 0.6 is 24.0 Å². The lowest BCUT2D eigenvalue weighted by Crippen LogP contribution is -2.43. The van der Waals surface area contributed by atoms with Crippen LogP contribution in [0.3, 0.4) is 0 Å². The maximum absolute atomic E-state index is 5.45. The van der Waals surface area contributed by atoms with Crippen molar-refractivity contribution in [3.05, 3.63) is 52.4 Å². The van der Waals surface area contributed by atoms with Gasteiger partial charge < -0.3 is 20.1 Å². The number of guanidine groups is 1. The third-order valence-electron chi connectivity index (χ3n) is 5.75. The maximum Gasteiger partial charge on any atom is 0.191 e. The van der Waals surface area contributed by atoms with Gasteiger partial charge in [0.2, 0.25) is 0 Å². The molecular formula is C23H37IN6O. The second-order valence-corrected chi connectivity index (χ2v) is 7.91. The molecule has 31 heavy (non-hydrogen) atoms. The van der Waals surface area contributed by atoms with Crippen LogP contribution in [0.5, 0.6) is 0 Å². The Labute approximate surface area is 203 Å². The number of nitrogens with zero attached hydrogens (tertiary/aromatic N) is 4. The van der Waals surface area contributed by atoms with E-state index in [-0.39, 0.29) is 24.0 Å². The largest absolute Gasteiger partial charge is 0.361 e. The second kappa shape index (κ2) is 13.0. The Hall–Kier alpha value is -1.65. The summed E-state index contributed by atoms with van der Waals surface area (Å²) in [5, 5.41) is 11.0. The number of halogens is 1. The minimum absolute atomic E-state index is 0. The zero-order valence-electron chi connectivity index (χ0n) is 19.3. The SMILES string of the molecule is CCc1noc(CC)c1CNC(=NC)NCc1ccc(CN2CCN(C)CC2)cc1.I. The number of likely N-dealkylation sites (N-methyl/N-ethyl adjacent to an activating group) is 1. The molecule has 0 atom stereocenters. The van der Waals surface area contributed by atoms with E-state index in [9.17, 15) is 0 Å². The van der Waals surface area contributed by atoms with Gasteiger partial charge in [-0.15, -0.1) is 24.0 Å². The topological polar surface area (TPSA) is 68.9 Å². The van der Waals surface area contributed by atoms with Crippen molar-refractivity contribution in [3.63, 3.8) is 0 Å². The molecule has 8 heteroatoms. The molecule has 0 amide bonds. The lowest BCUT2D eigenvalue weighted by molar-refractivity contribution is 0.148. The van der Waals surface area contributed by atoms with Gasteiger partial charge in [0.1, 0.15) is 5.76 Å². The number of aliphatic imine (C=N–C) groups is 1. The number of hydrogen-bond acceptors (Lipinski definition) is 5. The van der Waals surface area contributed by atoms with E-state index in [2.05, 4.69) is 75.7 Å². The number of rotatable bonds is 8. The number of piperazine rings is 1. The first-order valence-corrected chi connectivity index (χ1v) is 11.0. The zero-order valence-corrected chi connectivity index (χ0v) is 21.6. The Morgan fingerprint density at radius 3 is 2.26 bits per heavy atom. The minimum Gasteiger partial charge on any atom is -0.361 e. The Balaban J connectivity index is 0.00000341. The summed E-state index contributed by atoms with van der Waals surface area (Å²) in [4.78, 5) is 9.26. The Bertz CT molecular complexity index is 790. The normalized spacial score (nSPS) is 15.5. The predicted octanol–water partition coefficient (Wildman–Crippen LogP) is 3.03. The van der Waals surface area contributed by atoms with E-state index in [0.29, 0.717) is 6.54 Å². The first-order chi connectivity index (χ1) is 14.6. The highest BCUT2D eigenvalue weighted by Gasteiger charge is 2.14. The minimum atomic E-state index is 0. The molecule has 172 valence electrons. The van der Waals surface area contributed by atoms with E-state index in [0.717, 1.165) is 75.1 Å². The number of nitrogens with one attached hydrogen (secondary N) is 2. The van der Waals surface area contributed by atoms with Gasteiger partial charge in [-0.2, -0.15) is 0 Å². The van der Waals surface area contributed by atoms with Crippen molar-refractivity contribution >= 4 is 29.9 Å². The number of aromatic nitrogens is 1. The molecule has 1 aliphatic rings. The van der Waals surface area contributed by atoms with E-state index < -0.39 is 0 Å². The predicted molar refractivity (Wildman–Crippen MR) is 137 cm³/mol. The summed E-state index contributed by atoms with van der Waals surface area (Å²) in [7, 11) is 3.99. The van der Waals surface area contributed by atoms with Crippen LogP contribution in [0.2, 0.25) is 0 Å². The number of hydrogen-bond donors (Lipinski definition) is 2. The summed E-state index contributed by atoms with van der Waals surface area (Å²) < 4.78 is 5.45. The fourth-order valence-electron chi connectivity index (χ4n) is 3.74. The lowest BCUT2D eigenvalue weighted by Gasteiger charge is -2.32. The fraction of sp³-hybridized carbons (Fsp3) is 0.565. The summed E-state index contributed by atoms with van der Waals surface area (Å²) in [6, 6.07) is 8.89. The van der Waals surface area contributed by atoms with Crippen LogP contribution in [0.25, 0.3) is 0 Å². The van der Waals surface area contributed by atoms with Crippen molar-refractivity contribution in [1.29, 1.82) is 0 Å². The monoisotopic (exact) mass is 540 g/mol. The van der Waals surface area contributed by atoms with Gasteiger partial charge in [0.05, 0.1) is 5.69 Å². The fourth-order valence-corrected chi connectivity index (χ4v) is 3.74. The van der Waals surface area contributed by atoms with Crippen LogP contribution in [-0.4, -0.2) is 61.2 Å². The van der Waals surface area contributed by atoms with Crippen molar-refractivity contribution in [2.45, 2.75) is 46.3 Å². The van der Waals surface area contributed by atoms with Gasteiger partial charge in [0.25, 0.3) is 0 Å². The molecule has 0 aliphatic carbocycles. The summed E-state index contributed by atoms with van der Waals surface area (Å²) >= 11 is 0. The number of benzene rings is 1. The molecule has 1 aliphatic heterocycles. The summed E-state index contributed by atoms with van der Waals surface area (Å²) in [6.45, 7) is 11.2. The van der Waals surface area contributed by atoms with Gasteiger partial charge in [-0.25, -0.2) is 0 Å². The maximum atomic E-state index is 5.45. The van der Waals surface area contributed by atoms with Crippen molar-refractivity contribution < 1.29 is 4.52 Å². The van der Waals surface area contributed by atoms with Crippen LogP contribution in [0.4, 0.5) is 0 Å². The third kappa shape index (κ3) is 7.47. The van der Waals surface area contributed by atoms with Gasteiger partial charge in [-0.3, -0.25) is 9.89 Å². The van der Waals surface area contributed by atoms with Crippen molar-refractivity contribution in [2.75, 3.05) is 40.3 Å². The van der Waals surface area contributed by atoms with E-state index in [1.165, 1.54) is 11.1 Å². The van der Waals surface area contributed by atoms with Gasteiger partial charge in [0, 0.05) is 64.8 Å². The Morgan fingerprint density at radius 2 is 1.65 bits per heavy atom. The summed E-state index contributed by atoms with van der Waals surface area (Å²) in [5.74, 6) is 1.73. The standard InChI is InChI=1S/C23H36N6O.HI/c1-5-21-20(22(6-2)30-27-21)16-26-23(24-3)25-15-18-7-9-19(10-8-18)17-29-13-11-28(4)12-14-29;/h7-10H,5-6,11-17H2,1-4H3,(H2,24,25,26);1H. The third-order valence-corrected chi connectivity index (χ3v) is 5.75. The van der Waals surface area contributed by atoms with Crippen molar-refractivity contribution in [3.8, 4) is 0 Å². The Kier molecular flexibility index (Phi) is 10.8. The van der Waals surface area contributed by atoms with Gasteiger partial charge in [-0.1, -0.05) is 43.3 Å². The first kappa shape index (κ1) is 25.6. The molecule has 2 aromatic rings. The van der Waals surface area contributed by atoms with Crippen LogP contribution in [-0.2, 0) is 32.5 Å². The summed E-state index contributed by atoms with van der Waals surface area (Å²) in [5.41, 5.74) is 4.79. The highest BCUT2D eigenvalue weighted by molar-refractivity contribution is 14.0. The van der Waals surface area contributed by atoms with Crippen LogP contribution in [0.15, 0.2) is 33.8 Å². The average molecular weight is 540 g/mol. The van der Waals surface area contributed by atoms with Crippen LogP contribution < -0.4 is 10.6 Å². The molecule has 1 aromatic heterocycles. The molecule has 3 rings (SSSR count). The summed E-state index contributed by atoms with van der Waals surface area (Å²) in [6.07, 6.45) is 1.71. The molecule has 0 radical (unpaired) electrons. The first-order valence-electron chi connectivity index (χ1n) is 11.0. The molecule has 0 saturated carbocycles. The quantitative estimate of drug-likeness (QED) is 0.305. The highest BCUT2D eigenvalue weighted by Crippen LogP contribution is 2.15. The van der Waals surface area contributed by atoms with E-state index in [4.69, 9.17) is 4.52 Å². The molecule has 2 N–H and O–H groups in total. The van der Waals surface area contributed by atoms with Crippen LogP contribution in [0, 0.1) is 0 Å². The van der Waals surface area contributed by atoms with E-state index in [1.54, 1.807) is 7.05 Å². The van der Waals surface area contributed by atoms with Gasteiger partial charge >= 0.3 is 0 Å². The van der Waals surface area contributed by atoms with E-state index >= 15 is 0 Å². The second-order valence-electron chi connectivity index (χ2n) is 7.91. The average Bonchev–Trinajstić information content (AvgIpc) is 3.18. The number of aryl methyl sites for hydroxylation is 2. The molecule has 1 fully saturated rings. The van der Waals surface area contributed by atoms with Gasteiger partial charge in [0.15, 0.2) is 5.96 Å². The van der Waals surface area contributed by atoms with E-state index in [1.807, 2.05) is 0 Å². The molecule has 0 unspecified atom stereocenters. The highest BCUT2D eigenvalue weighted by atomic mass is 127. The molecular weight excluding hydrogens is 503 g/mol. The molecule has 0 bridgehead atoms. The zero-order chi connectivity index (χ0) is 21.3. The molecule has 1 aromatic carbocycles. The molecule has 1 saturated heterocycles.